The van der Waals surface area contributed by atoms with Crippen molar-refractivity contribution in [3.05, 3.63) is 99.2 Å². The maximum Gasteiger partial charge on any atom is 0.270 e. The van der Waals surface area contributed by atoms with Gasteiger partial charge in [0, 0.05) is 11.8 Å². The number of carbonyl (C=O) groups is 1. The van der Waals surface area contributed by atoms with E-state index in [1.807, 2.05) is 37.6 Å². The number of methoxy groups -OCH3 is 1. The first-order valence-electron chi connectivity index (χ1n) is 11.4. The lowest BCUT2D eigenvalue weighted by atomic mass is 10.1. The Bertz CT molecular complexity index is 1690. The van der Waals surface area contributed by atoms with Crippen LogP contribution in [0, 0.1) is 26.6 Å². The Balaban J connectivity index is 1.83. The smallest absolute Gasteiger partial charge is 0.270 e. The Hall–Kier alpha value is -4.51. The Labute approximate surface area is 218 Å². The minimum atomic E-state index is -4.53. The first-order valence-corrected chi connectivity index (χ1v) is 12.8. The number of hydrogen-bond acceptors (Lipinski definition) is 7. The lowest BCUT2D eigenvalue weighted by molar-refractivity contribution is 0.0978. The first kappa shape index (κ1) is 26.6. The number of aromatic amines is 1. The molecule has 196 valence electrons. The van der Waals surface area contributed by atoms with Crippen molar-refractivity contribution in [1.82, 2.24) is 14.7 Å². The van der Waals surface area contributed by atoms with Crippen LogP contribution >= 0.6 is 0 Å². The second kappa shape index (κ2) is 10.5. The average Bonchev–Trinajstić information content (AvgIpc) is 2.86. The lowest BCUT2D eigenvalue weighted by Crippen LogP contribution is -2.34. The van der Waals surface area contributed by atoms with E-state index in [0.29, 0.717) is 11.5 Å². The largest absolute Gasteiger partial charge is 0.497 e. The van der Waals surface area contributed by atoms with Gasteiger partial charge in [0.15, 0.2) is 4.90 Å². The summed E-state index contributed by atoms with van der Waals surface area (Å²) in [6.45, 7) is 5.54. The molecule has 0 radical (unpaired) electrons. The molecular formula is C27H24FN3O6S. The van der Waals surface area contributed by atoms with Gasteiger partial charge in [-0.15, -0.1) is 0 Å². The van der Waals surface area contributed by atoms with Crippen LogP contribution in [0.2, 0.25) is 0 Å². The fourth-order valence-electron chi connectivity index (χ4n) is 3.94. The standard InChI is InChI=1S/C27H24FN3O6S/c1-15-12-16(2)24(17(3)13-15)37-27-19(25(32)31-38(34,35)23-6-5-11-29-26(23)33)8-10-22(30-27)20-14-18(36-4)7-9-21(20)28/h5-14H,1-4H3,(H,29,33)(H,31,32). The molecule has 0 saturated carbocycles. The van der Waals surface area contributed by atoms with Crippen molar-refractivity contribution < 1.29 is 27.1 Å². The molecule has 0 atom stereocenters. The Kier molecular flexibility index (Phi) is 7.31. The fraction of sp³-hybridized carbons (Fsp3) is 0.148. The summed E-state index contributed by atoms with van der Waals surface area (Å²) in [4.78, 5) is 31.2. The minimum Gasteiger partial charge on any atom is -0.497 e. The number of sulfonamides is 1. The number of nitrogens with zero attached hydrogens (tertiary/aromatic N) is 1. The molecule has 0 bridgehead atoms. The first-order chi connectivity index (χ1) is 18.0. The molecular weight excluding hydrogens is 513 g/mol. The van der Waals surface area contributed by atoms with Crippen molar-refractivity contribution in [2.75, 3.05) is 7.11 Å². The van der Waals surface area contributed by atoms with E-state index in [1.54, 1.807) is 0 Å². The summed E-state index contributed by atoms with van der Waals surface area (Å²) in [6, 6.07) is 12.9. The highest BCUT2D eigenvalue weighted by Gasteiger charge is 2.26. The Morgan fingerprint density at radius 3 is 2.39 bits per heavy atom. The van der Waals surface area contributed by atoms with Crippen LogP contribution in [0.25, 0.3) is 11.3 Å². The average molecular weight is 538 g/mol. The summed E-state index contributed by atoms with van der Waals surface area (Å²) in [7, 11) is -3.09. The SMILES string of the molecule is COc1ccc(F)c(-c2ccc(C(=O)NS(=O)(=O)c3ccc[nH]c3=O)c(Oc3c(C)cc(C)cc3C)n2)c1. The molecule has 1 amide bonds. The van der Waals surface area contributed by atoms with Crippen LogP contribution in [0.1, 0.15) is 27.0 Å². The number of halogens is 1. The van der Waals surface area contributed by atoms with Crippen LogP contribution in [0.15, 0.2) is 70.5 Å². The lowest BCUT2D eigenvalue weighted by Gasteiger charge is -2.16. The molecule has 9 nitrogen and oxygen atoms in total. The van der Waals surface area contributed by atoms with Crippen molar-refractivity contribution in [2.24, 2.45) is 0 Å². The molecule has 0 spiro atoms. The van der Waals surface area contributed by atoms with E-state index in [4.69, 9.17) is 9.47 Å². The molecule has 4 rings (SSSR count). The third kappa shape index (κ3) is 5.42. The minimum absolute atomic E-state index is 0.0851. The number of pyridine rings is 2. The van der Waals surface area contributed by atoms with Gasteiger partial charge in [0.2, 0.25) is 5.88 Å². The summed E-state index contributed by atoms with van der Waals surface area (Å²) in [5, 5.41) is 0. The molecule has 0 unspecified atom stereocenters. The zero-order chi connectivity index (χ0) is 27.6. The number of benzene rings is 2. The second-order valence-corrected chi connectivity index (χ2v) is 10.2. The molecule has 2 aromatic carbocycles. The van der Waals surface area contributed by atoms with Gasteiger partial charge in [-0.25, -0.2) is 22.5 Å². The topological polar surface area (TPSA) is 127 Å². The quantitative estimate of drug-likeness (QED) is 0.357. The molecule has 38 heavy (non-hydrogen) atoms. The number of carbonyl (C=O) groups excluding carboxylic acids is 1. The van der Waals surface area contributed by atoms with Crippen molar-refractivity contribution >= 4 is 15.9 Å². The highest BCUT2D eigenvalue weighted by Crippen LogP contribution is 2.34. The summed E-state index contributed by atoms with van der Waals surface area (Å²) in [6.07, 6.45) is 1.27. The number of aromatic nitrogens is 2. The Morgan fingerprint density at radius 1 is 1.03 bits per heavy atom. The number of rotatable bonds is 7. The second-order valence-electron chi connectivity index (χ2n) is 8.52. The molecule has 11 heteroatoms. The summed E-state index contributed by atoms with van der Waals surface area (Å²) in [5.41, 5.74) is 1.56. The number of hydrogen-bond donors (Lipinski definition) is 2. The van der Waals surface area contributed by atoms with Gasteiger partial charge in [-0.2, -0.15) is 0 Å². The van der Waals surface area contributed by atoms with Gasteiger partial charge >= 0.3 is 0 Å². The van der Waals surface area contributed by atoms with Crippen LogP contribution in [0.3, 0.4) is 0 Å². The highest BCUT2D eigenvalue weighted by atomic mass is 32.2. The van der Waals surface area contributed by atoms with Crippen LogP contribution < -0.4 is 19.8 Å². The van der Waals surface area contributed by atoms with Crippen LogP contribution in [-0.2, 0) is 10.0 Å². The summed E-state index contributed by atoms with van der Waals surface area (Å²) >= 11 is 0. The van der Waals surface area contributed by atoms with Gasteiger partial charge < -0.3 is 14.5 Å². The predicted octanol–water partition coefficient (Wildman–Crippen LogP) is 4.42. The van der Waals surface area contributed by atoms with Crippen molar-refractivity contribution in [1.29, 1.82) is 0 Å². The van der Waals surface area contributed by atoms with E-state index in [0.717, 1.165) is 22.8 Å². The van der Waals surface area contributed by atoms with Crippen molar-refractivity contribution in [3.8, 4) is 28.6 Å². The van der Waals surface area contributed by atoms with E-state index in [2.05, 4.69) is 9.97 Å². The number of H-pyrrole nitrogens is 1. The molecule has 0 fully saturated rings. The van der Waals surface area contributed by atoms with Gasteiger partial charge in [0.25, 0.3) is 21.5 Å². The Morgan fingerprint density at radius 2 is 1.74 bits per heavy atom. The maximum atomic E-state index is 14.7. The van der Waals surface area contributed by atoms with Crippen LogP contribution in [0.5, 0.6) is 17.4 Å². The zero-order valence-electron chi connectivity index (χ0n) is 21.0. The highest BCUT2D eigenvalue weighted by molar-refractivity contribution is 7.90. The monoisotopic (exact) mass is 537 g/mol. The van der Waals surface area contributed by atoms with Crippen molar-refractivity contribution in [2.45, 2.75) is 25.7 Å². The zero-order valence-corrected chi connectivity index (χ0v) is 21.8. The number of aryl methyl sites for hydroxylation is 3. The third-order valence-electron chi connectivity index (χ3n) is 5.66. The molecule has 0 saturated heterocycles. The molecule has 2 aromatic heterocycles. The number of amides is 1. The molecule has 0 aliphatic carbocycles. The van der Waals surface area contributed by atoms with Crippen LogP contribution in [-0.4, -0.2) is 31.4 Å². The van der Waals surface area contributed by atoms with E-state index >= 15 is 0 Å². The molecule has 4 aromatic rings. The van der Waals surface area contributed by atoms with E-state index in [9.17, 15) is 22.4 Å². The predicted molar refractivity (Wildman–Crippen MR) is 139 cm³/mol. The van der Waals surface area contributed by atoms with Gasteiger partial charge in [0.1, 0.15) is 22.9 Å². The molecule has 0 aliphatic rings. The normalized spacial score (nSPS) is 11.2. The van der Waals surface area contributed by atoms with E-state index in [-0.39, 0.29) is 22.7 Å². The van der Waals surface area contributed by atoms with Gasteiger partial charge in [-0.1, -0.05) is 17.7 Å². The summed E-state index contributed by atoms with van der Waals surface area (Å²) in [5.74, 6) is -1.14. The van der Waals surface area contributed by atoms with Crippen LogP contribution in [0.4, 0.5) is 4.39 Å². The maximum absolute atomic E-state index is 14.7. The van der Waals surface area contributed by atoms with Gasteiger partial charge in [-0.3, -0.25) is 9.59 Å². The molecule has 0 aliphatic heterocycles. The number of ether oxygens (including phenoxy) is 2. The van der Waals surface area contributed by atoms with Crippen molar-refractivity contribution in [3.63, 3.8) is 0 Å². The van der Waals surface area contributed by atoms with Gasteiger partial charge in [-0.05, 0) is 74.4 Å². The molecule has 2 N–H and O–H groups in total. The fourth-order valence-corrected chi connectivity index (χ4v) is 4.97. The summed E-state index contributed by atoms with van der Waals surface area (Å²) < 4.78 is 53.4. The number of nitrogens with one attached hydrogen (secondary N) is 2. The third-order valence-corrected chi connectivity index (χ3v) is 7.01. The molecule has 2 heterocycles. The van der Waals surface area contributed by atoms with E-state index < -0.39 is 32.2 Å². The van der Waals surface area contributed by atoms with E-state index in [1.165, 1.54) is 49.7 Å². The van der Waals surface area contributed by atoms with Gasteiger partial charge in [0.05, 0.1) is 12.8 Å².